The van der Waals surface area contributed by atoms with Crippen LogP contribution in [0.4, 0.5) is 11.6 Å². The Labute approximate surface area is 167 Å². The number of sulfonamides is 1. The summed E-state index contributed by atoms with van der Waals surface area (Å²) in [6.45, 7) is 5.40. The molecule has 0 bridgehead atoms. The van der Waals surface area contributed by atoms with Crippen LogP contribution in [0.2, 0.25) is 0 Å². The van der Waals surface area contributed by atoms with Crippen LogP contribution in [0.3, 0.4) is 0 Å². The van der Waals surface area contributed by atoms with Gasteiger partial charge in [-0.3, -0.25) is 4.79 Å². The van der Waals surface area contributed by atoms with E-state index in [1.165, 1.54) is 35.6 Å². The van der Waals surface area contributed by atoms with Crippen molar-refractivity contribution in [3.8, 4) is 0 Å². The van der Waals surface area contributed by atoms with Crippen LogP contribution in [0.15, 0.2) is 40.6 Å². The first-order chi connectivity index (χ1) is 13.2. The Morgan fingerprint density at radius 1 is 1.04 bits per heavy atom. The maximum absolute atomic E-state index is 12.5. The lowest BCUT2D eigenvalue weighted by molar-refractivity contribution is -0.115. The largest absolute Gasteiger partial charge is 0.326 e. The van der Waals surface area contributed by atoms with Crippen LogP contribution in [-0.2, 0) is 21.2 Å². The summed E-state index contributed by atoms with van der Waals surface area (Å²) in [5.74, 6) is -0.198. The van der Waals surface area contributed by atoms with Crippen LogP contribution in [0.1, 0.15) is 22.1 Å². The van der Waals surface area contributed by atoms with Crippen molar-refractivity contribution in [2.75, 3.05) is 10.0 Å². The van der Waals surface area contributed by atoms with E-state index in [0.29, 0.717) is 22.8 Å². The molecule has 10 heteroatoms. The van der Waals surface area contributed by atoms with Crippen molar-refractivity contribution in [2.45, 2.75) is 32.1 Å². The van der Waals surface area contributed by atoms with Crippen LogP contribution in [0.25, 0.3) is 0 Å². The van der Waals surface area contributed by atoms with Crippen molar-refractivity contribution in [3.05, 3.63) is 57.8 Å². The number of nitrogens with one attached hydrogen (secondary N) is 2. The number of benzene rings is 1. The highest BCUT2D eigenvalue weighted by Crippen LogP contribution is 2.17. The fourth-order valence-electron chi connectivity index (χ4n) is 2.53. The predicted octanol–water partition coefficient (Wildman–Crippen LogP) is 2.84. The van der Waals surface area contributed by atoms with Crippen molar-refractivity contribution in [3.63, 3.8) is 0 Å². The van der Waals surface area contributed by atoms with Gasteiger partial charge in [0.2, 0.25) is 11.9 Å². The lowest BCUT2D eigenvalue weighted by Crippen LogP contribution is -2.16. The maximum Gasteiger partial charge on any atom is 0.264 e. The number of nitrogens with zero attached hydrogens (tertiary/aromatic N) is 3. The first-order valence-electron chi connectivity index (χ1n) is 8.37. The summed E-state index contributed by atoms with van der Waals surface area (Å²) in [5, 5.41) is 5.47. The summed E-state index contributed by atoms with van der Waals surface area (Å²) in [4.78, 5) is 24.5. The lowest BCUT2D eigenvalue weighted by atomic mass is 10.3. The highest BCUT2D eigenvalue weighted by molar-refractivity contribution is 7.92. The number of aromatic nitrogens is 3. The molecular weight excluding hydrogens is 398 g/mol. The van der Waals surface area contributed by atoms with Gasteiger partial charge in [-0.05, 0) is 51.1 Å². The van der Waals surface area contributed by atoms with Gasteiger partial charge in [0.05, 0.1) is 22.0 Å². The van der Waals surface area contributed by atoms with Crippen LogP contribution >= 0.6 is 11.3 Å². The maximum atomic E-state index is 12.5. The van der Waals surface area contributed by atoms with E-state index >= 15 is 0 Å². The monoisotopic (exact) mass is 417 g/mol. The number of hydrogen-bond donors (Lipinski definition) is 2. The van der Waals surface area contributed by atoms with E-state index in [4.69, 9.17) is 0 Å². The summed E-state index contributed by atoms with van der Waals surface area (Å²) < 4.78 is 27.4. The Hall–Kier alpha value is -2.85. The molecule has 3 aromatic rings. The number of thiazole rings is 1. The fraction of sp³-hybridized carbons (Fsp3) is 0.222. The first-order valence-corrected chi connectivity index (χ1v) is 10.7. The van der Waals surface area contributed by atoms with E-state index in [0.717, 1.165) is 5.01 Å². The van der Waals surface area contributed by atoms with Gasteiger partial charge in [-0.2, -0.15) is 0 Å². The average Bonchev–Trinajstić information content (AvgIpc) is 2.98. The van der Waals surface area contributed by atoms with Gasteiger partial charge < -0.3 is 5.32 Å². The zero-order valence-electron chi connectivity index (χ0n) is 15.6. The minimum Gasteiger partial charge on any atom is -0.326 e. The van der Waals surface area contributed by atoms with Crippen LogP contribution in [0.5, 0.6) is 0 Å². The third-order valence-electron chi connectivity index (χ3n) is 3.66. The molecule has 0 unspecified atom stereocenters. The Morgan fingerprint density at radius 2 is 1.68 bits per heavy atom. The van der Waals surface area contributed by atoms with E-state index in [1.54, 1.807) is 19.9 Å². The Morgan fingerprint density at radius 3 is 2.25 bits per heavy atom. The van der Waals surface area contributed by atoms with E-state index in [-0.39, 0.29) is 23.2 Å². The van der Waals surface area contributed by atoms with Crippen LogP contribution in [-0.4, -0.2) is 29.3 Å². The highest BCUT2D eigenvalue weighted by Gasteiger charge is 2.16. The molecule has 0 aliphatic carbocycles. The molecule has 3 rings (SSSR count). The molecule has 0 radical (unpaired) electrons. The van der Waals surface area contributed by atoms with Crippen molar-refractivity contribution < 1.29 is 13.2 Å². The predicted molar refractivity (Wildman–Crippen MR) is 108 cm³/mol. The third-order valence-corrected chi connectivity index (χ3v) is 5.83. The van der Waals surface area contributed by atoms with Crippen molar-refractivity contribution >= 4 is 38.9 Å². The molecule has 28 heavy (non-hydrogen) atoms. The van der Waals surface area contributed by atoms with Crippen molar-refractivity contribution in [1.82, 2.24) is 15.0 Å². The standard InChI is InChI=1S/C18H19N5O3S2/c1-11-8-12(2)20-18(19-11)23-28(25,26)16-6-4-14(5-7-16)22-17(24)9-15-10-27-13(3)21-15/h4-8,10H,9H2,1-3H3,(H,22,24)(H,19,20,23). The van der Waals surface area contributed by atoms with Gasteiger partial charge >= 0.3 is 0 Å². The molecule has 0 fully saturated rings. The van der Waals surface area contributed by atoms with Gasteiger partial charge in [0.25, 0.3) is 10.0 Å². The molecule has 8 nitrogen and oxygen atoms in total. The van der Waals surface area contributed by atoms with Crippen LogP contribution < -0.4 is 10.0 Å². The Kier molecular flexibility index (Phi) is 5.71. The lowest BCUT2D eigenvalue weighted by Gasteiger charge is -2.09. The number of rotatable bonds is 6. The fourth-order valence-corrected chi connectivity index (χ4v) is 4.08. The molecule has 0 saturated carbocycles. The molecule has 0 aliphatic rings. The van der Waals surface area contributed by atoms with Gasteiger partial charge in [-0.1, -0.05) is 0 Å². The second-order valence-corrected chi connectivity index (χ2v) is 8.93. The number of hydrogen-bond acceptors (Lipinski definition) is 7. The van der Waals surface area contributed by atoms with E-state index < -0.39 is 10.0 Å². The summed E-state index contributed by atoms with van der Waals surface area (Å²) in [6.07, 6.45) is 0.163. The minimum absolute atomic E-state index is 0.0217. The molecule has 0 saturated heterocycles. The zero-order chi connectivity index (χ0) is 20.3. The summed E-state index contributed by atoms with van der Waals surface area (Å²) in [7, 11) is -3.83. The van der Waals surface area contributed by atoms with E-state index in [1.807, 2.05) is 12.3 Å². The normalized spacial score (nSPS) is 11.2. The van der Waals surface area contributed by atoms with Crippen LogP contribution in [0, 0.1) is 20.8 Å². The van der Waals surface area contributed by atoms with Gasteiger partial charge in [0.15, 0.2) is 0 Å². The first kappa shape index (κ1) is 19.9. The SMILES string of the molecule is Cc1cc(C)nc(NS(=O)(=O)c2ccc(NC(=O)Cc3csc(C)n3)cc2)n1. The number of carbonyl (C=O) groups excluding carboxylic acids is 1. The third kappa shape index (κ3) is 5.11. The molecule has 146 valence electrons. The smallest absolute Gasteiger partial charge is 0.264 e. The molecule has 2 N–H and O–H groups in total. The molecule has 2 heterocycles. The highest BCUT2D eigenvalue weighted by atomic mass is 32.2. The summed E-state index contributed by atoms with van der Waals surface area (Å²) in [6, 6.07) is 7.63. The quantitative estimate of drug-likeness (QED) is 0.637. The molecule has 1 amide bonds. The summed E-state index contributed by atoms with van der Waals surface area (Å²) in [5.41, 5.74) is 2.53. The molecule has 0 spiro atoms. The molecular formula is C18H19N5O3S2. The van der Waals surface area contributed by atoms with E-state index in [9.17, 15) is 13.2 Å². The second-order valence-electron chi connectivity index (χ2n) is 6.19. The van der Waals surface area contributed by atoms with Crippen molar-refractivity contribution in [1.29, 1.82) is 0 Å². The van der Waals surface area contributed by atoms with Gasteiger partial charge in [0, 0.05) is 22.5 Å². The number of carbonyl (C=O) groups is 1. The zero-order valence-corrected chi connectivity index (χ0v) is 17.2. The topological polar surface area (TPSA) is 114 Å². The van der Waals surface area contributed by atoms with Gasteiger partial charge in [-0.15, -0.1) is 11.3 Å². The molecule has 2 aromatic heterocycles. The molecule has 1 aromatic carbocycles. The Bertz CT molecular complexity index is 1090. The minimum atomic E-state index is -3.83. The number of aryl methyl sites for hydroxylation is 3. The number of amides is 1. The molecule has 0 aliphatic heterocycles. The second kappa shape index (κ2) is 8.03. The van der Waals surface area contributed by atoms with Gasteiger partial charge in [0.1, 0.15) is 0 Å². The molecule has 0 atom stereocenters. The van der Waals surface area contributed by atoms with Crippen molar-refractivity contribution in [2.24, 2.45) is 0 Å². The number of anilines is 2. The average molecular weight is 418 g/mol. The summed E-state index contributed by atoms with van der Waals surface area (Å²) >= 11 is 1.48. The Balaban J connectivity index is 1.67. The van der Waals surface area contributed by atoms with Gasteiger partial charge in [-0.25, -0.2) is 28.1 Å². The van der Waals surface area contributed by atoms with E-state index in [2.05, 4.69) is 25.0 Å².